The summed E-state index contributed by atoms with van der Waals surface area (Å²) in [7, 11) is 0. The van der Waals surface area contributed by atoms with E-state index < -0.39 is 0 Å². The molecule has 1 aliphatic rings. The van der Waals surface area contributed by atoms with E-state index in [4.69, 9.17) is 0 Å². The van der Waals surface area contributed by atoms with Crippen molar-refractivity contribution in [2.24, 2.45) is 0 Å². The third kappa shape index (κ3) is 10.7. The largest absolute Gasteiger partial charge is 0.390 e. The highest BCUT2D eigenvalue weighted by molar-refractivity contribution is 4.84. The molecule has 0 aromatic heterocycles. The molecule has 2 N–H and O–H groups in total. The number of rotatable bonds is 19. The van der Waals surface area contributed by atoms with Gasteiger partial charge in [-0.25, -0.2) is 0 Å². The Bertz CT molecular complexity index is 407. The smallest absolute Gasteiger partial charge is 0.166 e. The summed E-state index contributed by atoms with van der Waals surface area (Å²) < 4.78 is 0.909. The standard InChI is InChI=1S/C25H49N2O/c1-3-5-6-7-8-9-10-11-12-13-14-15-16-17-18-19-20-25-26-21-22-27(25,4-2)23-24-28/h5-6,21-22,25-26,28H,3-4,7-20,23-24H2,1-2H3/q+1/b6-5+. The number of quaternary nitrogens is 1. The summed E-state index contributed by atoms with van der Waals surface area (Å²) in [4.78, 5) is 0. The van der Waals surface area contributed by atoms with Gasteiger partial charge in [0.1, 0.15) is 12.7 Å². The minimum atomic E-state index is 0.270. The van der Waals surface area contributed by atoms with Crippen molar-refractivity contribution in [3.05, 3.63) is 24.6 Å². The minimum Gasteiger partial charge on any atom is -0.390 e. The summed E-state index contributed by atoms with van der Waals surface area (Å²) in [6, 6.07) is 0. The van der Waals surface area contributed by atoms with E-state index in [0.717, 1.165) is 17.6 Å². The second-order valence-electron chi connectivity index (χ2n) is 8.56. The maximum atomic E-state index is 9.37. The Morgan fingerprint density at radius 1 is 0.821 bits per heavy atom. The second-order valence-corrected chi connectivity index (χ2v) is 8.56. The van der Waals surface area contributed by atoms with Crippen molar-refractivity contribution in [2.75, 3.05) is 19.7 Å². The first-order chi connectivity index (χ1) is 13.8. The highest BCUT2D eigenvalue weighted by Gasteiger charge is 2.35. The van der Waals surface area contributed by atoms with Crippen LogP contribution >= 0.6 is 0 Å². The maximum absolute atomic E-state index is 9.37. The Labute approximate surface area is 175 Å². The topological polar surface area (TPSA) is 32.3 Å². The average Bonchev–Trinajstić information content (AvgIpc) is 3.11. The molecule has 2 unspecified atom stereocenters. The first kappa shape index (κ1) is 25.2. The van der Waals surface area contributed by atoms with Crippen LogP contribution in [0.25, 0.3) is 0 Å². The number of likely N-dealkylation sites (N-methyl/N-ethyl adjacent to an activating group) is 1. The van der Waals surface area contributed by atoms with E-state index in [1.54, 1.807) is 0 Å². The number of hydrogen-bond acceptors (Lipinski definition) is 2. The first-order valence-electron chi connectivity index (χ1n) is 12.3. The SMILES string of the molecule is CC/C=C/CCCCCCCCCCCCCCC1NC=C[N+]1(CC)CCO. The Morgan fingerprint density at radius 3 is 1.93 bits per heavy atom. The fourth-order valence-electron chi connectivity index (χ4n) is 4.45. The molecule has 3 heteroatoms. The van der Waals surface area contributed by atoms with E-state index in [1.807, 2.05) is 0 Å². The number of aliphatic hydroxyl groups is 1. The van der Waals surface area contributed by atoms with Gasteiger partial charge in [0.2, 0.25) is 0 Å². The van der Waals surface area contributed by atoms with Crippen molar-refractivity contribution in [1.29, 1.82) is 0 Å². The molecule has 0 fully saturated rings. The molecular formula is C25H49N2O+. The van der Waals surface area contributed by atoms with Crippen molar-refractivity contribution < 1.29 is 9.59 Å². The van der Waals surface area contributed by atoms with Gasteiger partial charge in [0.05, 0.1) is 19.4 Å². The van der Waals surface area contributed by atoms with Crippen LogP contribution in [0, 0.1) is 0 Å². The van der Waals surface area contributed by atoms with Crippen LogP contribution in [0.4, 0.5) is 0 Å². The molecule has 1 aliphatic heterocycles. The molecular weight excluding hydrogens is 344 g/mol. The number of nitrogens with zero attached hydrogens (tertiary/aromatic N) is 1. The van der Waals surface area contributed by atoms with Gasteiger partial charge in [-0.1, -0.05) is 83.3 Å². The van der Waals surface area contributed by atoms with Crippen molar-refractivity contribution in [3.63, 3.8) is 0 Å². The van der Waals surface area contributed by atoms with Crippen molar-refractivity contribution in [2.45, 2.75) is 116 Å². The molecule has 1 rings (SSSR count). The van der Waals surface area contributed by atoms with Gasteiger partial charge in [0.15, 0.2) is 6.17 Å². The summed E-state index contributed by atoms with van der Waals surface area (Å²) in [5.74, 6) is 0. The lowest BCUT2D eigenvalue weighted by atomic mass is 10.0. The molecule has 28 heavy (non-hydrogen) atoms. The normalized spacial score (nSPS) is 21.6. The van der Waals surface area contributed by atoms with Crippen LogP contribution in [0.5, 0.6) is 0 Å². The zero-order valence-corrected chi connectivity index (χ0v) is 19.0. The fourth-order valence-corrected chi connectivity index (χ4v) is 4.45. The quantitative estimate of drug-likeness (QED) is 0.146. The van der Waals surface area contributed by atoms with E-state index in [1.165, 1.54) is 96.3 Å². The van der Waals surface area contributed by atoms with Crippen LogP contribution in [-0.2, 0) is 0 Å². The third-order valence-corrected chi connectivity index (χ3v) is 6.39. The molecule has 1 heterocycles. The Balaban J connectivity index is 1.86. The molecule has 0 spiro atoms. The number of aliphatic hydroxyl groups excluding tert-OH is 1. The van der Waals surface area contributed by atoms with Gasteiger partial charge < -0.3 is 10.4 Å². The summed E-state index contributed by atoms with van der Waals surface area (Å²) in [5, 5.41) is 12.9. The summed E-state index contributed by atoms with van der Waals surface area (Å²) in [6.45, 7) is 6.60. The van der Waals surface area contributed by atoms with Crippen LogP contribution in [-0.4, -0.2) is 35.5 Å². The zero-order chi connectivity index (χ0) is 20.3. The Hall–Kier alpha value is -0.800. The fraction of sp³-hybridized carbons (Fsp3) is 0.840. The zero-order valence-electron chi connectivity index (χ0n) is 19.0. The van der Waals surface area contributed by atoms with Crippen LogP contribution in [0.2, 0.25) is 0 Å². The van der Waals surface area contributed by atoms with Crippen molar-refractivity contribution in [3.8, 4) is 0 Å². The third-order valence-electron chi connectivity index (χ3n) is 6.39. The van der Waals surface area contributed by atoms with Crippen LogP contribution in [0.3, 0.4) is 0 Å². The lowest BCUT2D eigenvalue weighted by Gasteiger charge is -2.36. The molecule has 3 nitrogen and oxygen atoms in total. The highest BCUT2D eigenvalue weighted by atomic mass is 16.3. The average molecular weight is 394 g/mol. The van der Waals surface area contributed by atoms with E-state index in [0.29, 0.717) is 6.17 Å². The molecule has 2 atom stereocenters. The van der Waals surface area contributed by atoms with E-state index >= 15 is 0 Å². The number of unbranched alkanes of at least 4 members (excludes halogenated alkanes) is 12. The van der Waals surface area contributed by atoms with Crippen LogP contribution < -0.4 is 5.32 Å². The first-order valence-corrected chi connectivity index (χ1v) is 12.3. The van der Waals surface area contributed by atoms with Crippen LogP contribution in [0.15, 0.2) is 24.6 Å². The van der Waals surface area contributed by atoms with E-state index in [2.05, 4.69) is 43.7 Å². The minimum absolute atomic E-state index is 0.270. The Morgan fingerprint density at radius 2 is 1.39 bits per heavy atom. The number of nitrogens with one attached hydrogen (secondary N) is 1. The molecule has 0 aliphatic carbocycles. The second kappa shape index (κ2) is 17.1. The molecule has 0 saturated heterocycles. The van der Waals surface area contributed by atoms with Crippen LogP contribution in [0.1, 0.15) is 110 Å². The van der Waals surface area contributed by atoms with Gasteiger partial charge in [0.25, 0.3) is 0 Å². The summed E-state index contributed by atoms with van der Waals surface area (Å²) >= 11 is 0. The van der Waals surface area contributed by atoms with Gasteiger partial charge in [-0.2, -0.15) is 0 Å². The summed E-state index contributed by atoms with van der Waals surface area (Å²) in [6.07, 6.45) is 29.9. The molecule has 0 bridgehead atoms. The molecule has 0 radical (unpaired) electrons. The van der Waals surface area contributed by atoms with Gasteiger partial charge in [-0.3, -0.25) is 4.48 Å². The predicted octanol–water partition coefficient (Wildman–Crippen LogP) is 6.64. The van der Waals surface area contributed by atoms with Crippen molar-refractivity contribution in [1.82, 2.24) is 5.32 Å². The predicted molar refractivity (Wildman–Crippen MR) is 123 cm³/mol. The number of allylic oxidation sites excluding steroid dienone is 2. The maximum Gasteiger partial charge on any atom is 0.166 e. The van der Waals surface area contributed by atoms with Gasteiger partial charge in [-0.15, -0.1) is 0 Å². The van der Waals surface area contributed by atoms with Crippen molar-refractivity contribution >= 4 is 0 Å². The number of hydrogen-bond donors (Lipinski definition) is 2. The highest BCUT2D eigenvalue weighted by Crippen LogP contribution is 2.23. The lowest BCUT2D eigenvalue weighted by Crippen LogP contribution is -2.54. The van der Waals surface area contributed by atoms with Gasteiger partial charge in [0, 0.05) is 6.42 Å². The Kier molecular flexibility index (Phi) is 15.4. The molecule has 164 valence electrons. The lowest BCUT2D eigenvalue weighted by molar-refractivity contribution is -0.900. The molecule has 0 saturated carbocycles. The van der Waals surface area contributed by atoms with E-state index in [9.17, 15) is 5.11 Å². The molecule has 0 aromatic carbocycles. The van der Waals surface area contributed by atoms with Gasteiger partial charge >= 0.3 is 0 Å². The molecule has 0 aromatic rings. The van der Waals surface area contributed by atoms with E-state index in [-0.39, 0.29) is 6.61 Å². The monoisotopic (exact) mass is 393 g/mol. The van der Waals surface area contributed by atoms with Gasteiger partial charge in [-0.05, 0) is 32.6 Å². The summed E-state index contributed by atoms with van der Waals surface area (Å²) in [5.41, 5.74) is 0. The molecule has 0 amide bonds.